The van der Waals surface area contributed by atoms with Gasteiger partial charge in [-0.2, -0.15) is 0 Å². The third-order valence-corrected chi connectivity index (χ3v) is 8.94. The Labute approximate surface area is 238 Å². The molecule has 9 heteroatoms. The maximum atomic E-state index is 13.4. The molecule has 2 aliphatic heterocycles. The van der Waals surface area contributed by atoms with E-state index in [1.54, 1.807) is 18.2 Å². The number of imidazole rings is 1. The van der Waals surface area contributed by atoms with Gasteiger partial charge in [0.1, 0.15) is 0 Å². The van der Waals surface area contributed by atoms with Gasteiger partial charge < -0.3 is 19.8 Å². The molecule has 0 aliphatic carbocycles. The molecule has 2 saturated heterocycles. The number of para-hydroxylation sites is 1. The van der Waals surface area contributed by atoms with Crippen LogP contribution < -0.4 is 10.9 Å². The lowest BCUT2D eigenvalue weighted by molar-refractivity contribution is 0.205. The van der Waals surface area contributed by atoms with Crippen molar-refractivity contribution in [2.75, 3.05) is 38.0 Å². The van der Waals surface area contributed by atoms with Crippen LogP contribution in [0.25, 0.3) is 27.9 Å². The molecule has 2 aromatic carbocycles. The Morgan fingerprint density at radius 2 is 1.87 bits per heavy atom. The number of aromatic nitrogens is 3. The van der Waals surface area contributed by atoms with E-state index in [-0.39, 0.29) is 5.56 Å². The summed E-state index contributed by atoms with van der Waals surface area (Å²) in [6, 6.07) is 9.93. The van der Waals surface area contributed by atoms with Crippen LogP contribution in [0.15, 0.2) is 41.2 Å². The minimum absolute atomic E-state index is 0.126. The van der Waals surface area contributed by atoms with Crippen molar-refractivity contribution in [2.45, 2.75) is 38.6 Å². The second kappa shape index (κ2) is 11.0. The number of nitrogens with one attached hydrogen (secondary N) is 2. The molecule has 2 N–H and O–H groups in total. The summed E-state index contributed by atoms with van der Waals surface area (Å²) in [7, 11) is 1.89. The lowest BCUT2D eigenvalue weighted by Gasteiger charge is -2.27. The number of aromatic amines is 1. The molecule has 2 fully saturated rings. The molecule has 2 aliphatic rings. The second-order valence-corrected chi connectivity index (χ2v) is 11.6. The Kier molecular flexibility index (Phi) is 7.42. The van der Waals surface area contributed by atoms with Gasteiger partial charge in [0.05, 0.1) is 32.2 Å². The predicted octanol–water partition coefficient (Wildman–Crippen LogP) is 6.35. The molecule has 4 heterocycles. The van der Waals surface area contributed by atoms with Crippen LogP contribution >= 0.6 is 23.2 Å². The number of anilines is 2. The normalized spacial score (nSPS) is 18.8. The van der Waals surface area contributed by atoms with E-state index < -0.39 is 0 Å². The predicted molar refractivity (Wildman–Crippen MR) is 163 cm³/mol. The van der Waals surface area contributed by atoms with Crippen LogP contribution in [0, 0.1) is 6.92 Å². The number of hydrogen-bond acceptors (Lipinski definition) is 5. The van der Waals surface area contributed by atoms with Gasteiger partial charge in [0.2, 0.25) is 5.95 Å². The van der Waals surface area contributed by atoms with Crippen molar-refractivity contribution in [3.63, 3.8) is 0 Å². The summed E-state index contributed by atoms with van der Waals surface area (Å²) in [4.78, 5) is 26.5. The third-order valence-electron chi connectivity index (χ3n) is 8.31. The Balaban J connectivity index is 1.28. The Morgan fingerprint density at radius 1 is 1.10 bits per heavy atom. The van der Waals surface area contributed by atoms with Gasteiger partial charge in [-0.05, 0) is 87.5 Å². The highest BCUT2D eigenvalue weighted by Crippen LogP contribution is 2.34. The molecule has 0 radical (unpaired) electrons. The topological polar surface area (TPSA) is 69.2 Å². The maximum absolute atomic E-state index is 13.4. The number of aryl methyl sites for hydroxylation is 2. The largest absolute Gasteiger partial charge is 0.323 e. The molecule has 0 saturated carbocycles. The first kappa shape index (κ1) is 26.4. The molecule has 39 heavy (non-hydrogen) atoms. The number of nitrogens with zero attached hydrogens (tertiary/aromatic N) is 4. The van der Waals surface area contributed by atoms with E-state index >= 15 is 0 Å². The molecule has 0 bridgehead atoms. The molecular formula is C30H34Cl2N6O. The van der Waals surface area contributed by atoms with Gasteiger partial charge in [0.25, 0.3) is 5.56 Å². The summed E-state index contributed by atoms with van der Waals surface area (Å²) in [6.07, 6.45) is 9.47. The highest BCUT2D eigenvalue weighted by atomic mass is 35.5. The number of likely N-dealkylation sites (tertiary alicyclic amines) is 2. The fourth-order valence-electron chi connectivity index (χ4n) is 6.19. The van der Waals surface area contributed by atoms with Crippen LogP contribution in [0.1, 0.15) is 36.9 Å². The first-order valence-electron chi connectivity index (χ1n) is 13.8. The second-order valence-electron chi connectivity index (χ2n) is 10.8. The lowest BCUT2D eigenvalue weighted by atomic mass is 10.0. The Hall–Kier alpha value is -2.84. The number of hydrogen-bond donors (Lipinski definition) is 2. The zero-order valence-electron chi connectivity index (χ0n) is 22.4. The minimum Gasteiger partial charge on any atom is -0.323 e. The van der Waals surface area contributed by atoms with Crippen molar-refractivity contribution >= 4 is 62.7 Å². The monoisotopic (exact) mass is 564 g/mol. The molecule has 0 spiro atoms. The highest BCUT2D eigenvalue weighted by Gasteiger charge is 2.26. The average molecular weight is 566 g/mol. The molecule has 1 atom stereocenters. The van der Waals surface area contributed by atoms with Crippen LogP contribution in [0.4, 0.5) is 11.6 Å². The molecule has 7 nitrogen and oxygen atoms in total. The van der Waals surface area contributed by atoms with Gasteiger partial charge in [-0.25, -0.2) is 4.98 Å². The quantitative estimate of drug-likeness (QED) is 0.274. The summed E-state index contributed by atoms with van der Waals surface area (Å²) < 4.78 is 1.88. The maximum Gasteiger partial charge on any atom is 0.258 e. The number of rotatable bonds is 7. The molecule has 4 aromatic rings. The van der Waals surface area contributed by atoms with Crippen LogP contribution in [-0.2, 0) is 7.05 Å². The molecule has 0 amide bonds. The summed E-state index contributed by atoms with van der Waals surface area (Å²) >= 11 is 12.7. The van der Waals surface area contributed by atoms with Crippen LogP contribution in [0.3, 0.4) is 0 Å². The summed E-state index contributed by atoms with van der Waals surface area (Å²) in [5.74, 6) is 0.558. The van der Waals surface area contributed by atoms with Gasteiger partial charge >= 0.3 is 0 Å². The minimum atomic E-state index is -0.126. The number of halogens is 2. The Bertz CT molecular complexity index is 1600. The van der Waals surface area contributed by atoms with Crippen molar-refractivity contribution in [1.29, 1.82) is 0 Å². The third kappa shape index (κ3) is 5.09. The van der Waals surface area contributed by atoms with Crippen LogP contribution in [0.5, 0.6) is 0 Å². The highest BCUT2D eigenvalue weighted by molar-refractivity contribution is 6.39. The van der Waals surface area contributed by atoms with Crippen LogP contribution in [0.2, 0.25) is 10.0 Å². The number of H-pyrrole nitrogens is 1. The first-order valence-corrected chi connectivity index (χ1v) is 14.5. The molecule has 204 valence electrons. The van der Waals surface area contributed by atoms with Crippen molar-refractivity contribution < 1.29 is 0 Å². The van der Waals surface area contributed by atoms with Crippen molar-refractivity contribution in [3.8, 4) is 0 Å². The van der Waals surface area contributed by atoms with E-state index in [1.807, 2.05) is 23.7 Å². The number of pyridine rings is 1. The van der Waals surface area contributed by atoms with E-state index in [1.165, 1.54) is 45.3 Å². The fraction of sp³-hybridized carbons (Fsp3) is 0.400. The molecule has 6 rings (SSSR count). The summed E-state index contributed by atoms with van der Waals surface area (Å²) in [5.41, 5.74) is 3.84. The van der Waals surface area contributed by atoms with E-state index in [2.05, 4.69) is 39.2 Å². The molecule has 1 unspecified atom stereocenters. The molecular weight excluding hydrogens is 531 g/mol. The van der Waals surface area contributed by atoms with Crippen molar-refractivity contribution in [2.24, 2.45) is 7.05 Å². The summed E-state index contributed by atoms with van der Waals surface area (Å²) in [6.45, 7) is 7.78. The lowest BCUT2D eigenvalue weighted by Crippen LogP contribution is -2.39. The standard InChI is InChI=1S/C30H34Cl2N6O/c1-19-21-12-13-25-28(36(2)30(34-25)35-27-22(31)9-5-10-23(27)32)26(21)29(39)33-24(19)11-7-17-38-16-6-8-20(38)18-37-14-3-4-15-37/h5,7,9-13,20H,3-4,6,8,14-18H2,1-2H3,(H,33,39)(H,34,35)/b11-7+. The van der Waals surface area contributed by atoms with E-state index in [0.717, 1.165) is 40.8 Å². The van der Waals surface area contributed by atoms with E-state index in [4.69, 9.17) is 28.2 Å². The zero-order valence-corrected chi connectivity index (χ0v) is 23.9. The van der Waals surface area contributed by atoms with Gasteiger partial charge in [0, 0.05) is 31.9 Å². The van der Waals surface area contributed by atoms with Gasteiger partial charge in [-0.15, -0.1) is 0 Å². The Morgan fingerprint density at radius 3 is 2.64 bits per heavy atom. The number of fused-ring (bicyclic) bond motifs is 3. The van der Waals surface area contributed by atoms with E-state index in [9.17, 15) is 4.79 Å². The van der Waals surface area contributed by atoms with Gasteiger partial charge in [-0.1, -0.05) is 41.4 Å². The van der Waals surface area contributed by atoms with Crippen molar-refractivity contribution in [3.05, 3.63) is 68.1 Å². The summed E-state index contributed by atoms with van der Waals surface area (Å²) in [5, 5.41) is 5.79. The SMILES string of the molecule is Cc1c(/C=C/CN2CCCC2CN2CCCC2)[nH]c(=O)c2c1ccc1nc(Nc3c(Cl)cccc3Cl)n(C)c12. The first-order chi connectivity index (χ1) is 18.9. The average Bonchev–Trinajstić information content (AvgIpc) is 3.66. The fourth-order valence-corrected chi connectivity index (χ4v) is 6.68. The van der Waals surface area contributed by atoms with Crippen LogP contribution in [-0.4, -0.2) is 63.1 Å². The van der Waals surface area contributed by atoms with E-state index in [0.29, 0.717) is 33.1 Å². The molecule has 2 aromatic heterocycles. The van der Waals surface area contributed by atoms with Crippen molar-refractivity contribution in [1.82, 2.24) is 24.3 Å². The number of benzene rings is 2. The van der Waals surface area contributed by atoms with Gasteiger partial charge in [-0.3, -0.25) is 9.69 Å². The smallest absolute Gasteiger partial charge is 0.258 e. The van der Waals surface area contributed by atoms with Gasteiger partial charge in [0.15, 0.2) is 0 Å². The zero-order chi connectivity index (χ0) is 27.1.